The molecule has 0 saturated carbocycles. The van der Waals surface area contributed by atoms with Crippen LogP contribution >= 0.6 is 11.3 Å². The van der Waals surface area contributed by atoms with E-state index in [4.69, 9.17) is 0 Å². The molecule has 0 saturated heterocycles. The second-order valence-corrected chi connectivity index (χ2v) is 3.40. The predicted octanol–water partition coefficient (Wildman–Crippen LogP) is 2.51. The number of nitrogens with zero attached hydrogens (tertiary/aromatic N) is 2. The molecular formula is C9H8N2S. The summed E-state index contributed by atoms with van der Waals surface area (Å²) in [5, 5.41) is 2.94. The van der Waals surface area contributed by atoms with Crippen molar-refractivity contribution in [2.75, 3.05) is 0 Å². The Kier molecular flexibility index (Phi) is 1.87. The highest BCUT2D eigenvalue weighted by Crippen LogP contribution is 2.18. The number of aromatic nitrogens is 2. The Bertz CT molecular complexity index is 368. The van der Waals surface area contributed by atoms with Crippen LogP contribution in [0, 0.1) is 6.92 Å². The summed E-state index contributed by atoms with van der Waals surface area (Å²) in [6.45, 7) is 1.98. The molecule has 12 heavy (non-hydrogen) atoms. The minimum absolute atomic E-state index is 0.963. The molecule has 0 aliphatic rings. The van der Waals surface area contributed by atoms with Gasteiger partial charge >= 0.3 is 0 Å². The number of hydrogen-bond donors (Lipinski definition) is 0. The SMILES string of the molecule is Cc1cccc(-c2nccs2)n1. The zero-order chi connectivity index (χ0) is 8.39. The lowest BCUT2D eigenvalue weighted by molar-refractivity contribution is 1.19. The van der Waals surface area contributed by atoms with Gasteiger partial charge in [0.1, 0.15) is 5.01 Å². The van der Waals surface area contributed by atoms with Crippen molar-refractivity contribution in [1.29, 1.82) is 0 Å². The summed E-state index contributed by atoms with van der Waals surface area (Å²) < 4.78 is 0. The number of pyridine rings is 1. The second kappa shape index (κ2) is 3.03. The highest BCUT2D eigenvalue weighted by molar-refractivity contribution is 7.13. The van der Waals surface area contributed by atoms with Gasteiger partial charge in [-0.15, -0.1) is 11.3 Å². The van der Waals surface area contributed by atoms with E-state index in [9.17, 15) is 0 Å². The summed E-state index contributed by atoms with van der Waals surface area (Å²) >= 11 is 1.61. The lowest BCUT2D eigenvalue weighted by atomic mass is 10.3. The molecule has 0 spiro atoms. The van der Waals surface area contributed by atoms with Crippen LogP contribution in [-0.2, 0) is 0 Å². The number of thiazole rings is 1. The number of hydrogen-bond acceptors (Lipinski definition) is 3. The molecule has 2 nitrogen and oxygen atoms in total. The monoisotopic (exact) mass is 176 g/mol. The maximum atomic E-state index is 4.36. The Morgan fingerprint density at radius 2 is 2.25 bits per heavy atom. The molecule has 2 aromatic heterocycles. The minimum Gasteiger partial charge on any atom is -0.251 e. The van der Waals surface area contributed by atoms with Gasteiger partial charge in [0.25, 0.3) is 0 Å². The van der Waals surface area contributed by atoms with E-state index in [2.05, 4.69) is 9.97 Å². The van der Waals surface area contributed by atoms with Crippen molar-refractivity contribution in [3.8, 4) is 10.7 Å². The van der Waals surface area contributed by atoms with Crippen molar-refractivity contribution in [2.45, 2.75) is 6.92 Å². The van der Waals surface area contributed by atoms with Crippen LogP contribution in [0.15, 0.2) is 29.8 Å². The van der Waals surface area contributed by atoms with E-state index in [-0.39, 0.29) is 0 Å². The van der Waals surface area contributed by atoms with Gasteiger partial charge in [-0.1, -0.05) is 6.07 Å². The van der Waals surface area contributed by atoms with E-state index in [0.717, 1.165) is 16.4 Å². The summed E-state index contributed by atoms with van der Waals surface area (Å²) in [5.74, 6) is 0. The maximum Gasteiger partial charge on any atom is 0.141 e. The van der Waals surface area contributed by atoms with E-state index >= 15 is 0 Å². The van der Waals surface area contributed by atoms with Crippen molar-refractivity contribution in [3.63, 3.8) is 0 Å². The largest absolute Gasteiger partial charge is 0.251 e. The third-order valence-corrected chi connectivity index (χ3v) is 2.34. The van der Waals surface area contributed by atoms with E-state index in [1.807, 2.05) is 30.5 Å². The van der Waals surface area contributed by atoms with E-state index in [1.54, 1.807) is 17.5 Å². The highest BCUT2D eigenvalue weighted by atomic mass is 32.1. The van der Waals surface area contributed by atoms with Crippen LogP contribution in [0.2, 0.25) is 0 Å². The Balaban J connectivity index is 2.48. The first-order valence-corrected chi connectivity index (χ1v) is 4.58. The lowest BCUT2D eigenvalue weighted by Crippen LogP contribution is -1.84. The Morgan fingerprint density at radius 3 is 2.92 bits per heavy atom. The fourth-order valence-electron chi connectivity index (χ4n) is 1.01. The quantitative estimate of drug-likeness (QED) is 0.667. The molecule has 3 heteroatoms. The van der Waals surface area contributed by atoms with Gasteiger partial charge in [0.15, 0.2) is 0 Å². The van der Waals surface area contributed by atoms with Gasteiger partial charge in [-0.3, -0.25) is 4.98 Å². The van der Waals surface area contributed by atoms with Gasteiger partial charge in [-0.25, -0.2) is 4.98 Å². The average Bonchev–Trinajstić information content (AvgIpc) is 2.56. The normalized spacial score (nSPS) is 10.1. The van der Waals surface area contributed by atoms with Crippen molar-refractivity contribution in [2.24, 2.45) is 0 Å². The molecule has 2 rings (SSSR count). The third kappa shape index (κ3) is 1.36. The Morgan fingerprint density at radius 1 is 1.33 bits per heavy atom. The van der Waals surface area contributed by atoms with Crippen molar-refractivity contribution >= 4 is 11.3 Å². The molecule has 0 aromatic carbocycles. The lowest BCUT2D eigenvalue weighted by Gasteiger charge is -1.95. The molecule has 2 heterocycles. The van der Waals surface area contributed by atoms with Gasteiger partial charge in [0, 0.05) is 17.3 Å². The summed E-state index contributed by atoms with van der Waals surface area (Å²) in [7, 11) is 0. The van der Waals surface area contributed by atoms with Crippen molar-refractivity contribution < 1.29 is 0 Å². The zero-order valence-corrected chi connectivity index (χ0v) is 7.51. The van der Waals surface area contributed by atoms with Gasteiger partial charge < -0.3 is 0 Å². The van der Waals surface area contributed by atoms with E-state index < -0.39 is 0 Å². The van der Waals surface area contributed by atoms with Gasteiger partial charge in [-0.2, -0.15) is 0 Å². The average molecular weight is 176 g/mol. The maximum absolute atomic E-state index is 4.36. The third-order valence-electron chi connectivity index (χ3n) is 1.54. The van der Waals surface area contributed by atoms with Crippen LogP contribution in [0.5, 0.6) is 0 Å². The molecule has 0 aliphatic carbocycles. The van der Waals surface area contributed by atoms with Crippen LogP contribution in [0.3, 0.4) is 0 Å². The minimum atomic E-state index is 0.963. The summed E-state index contributed by atoms with van der Waals surface area (Å²) in [6, 6.07) is 5.96. The Labute approximate surface area is 74.9 Å². The molecule has 0 unspecified atom stereocenters. The summed E-state index contributed by atoms with van der Waals surface area (Å²) in [4.78, 5) is 8.55. The second-order valence-electron chi connectivity index (χ2n) is 2.50. The van der Waals surface area contributed by atoms with E-state index in [0.29, 0.717) is 0 Å². The number of rotatable bonds is 1. The molecule has 0 fully saturated rings. The zero-order valence-electron chi connectivity index (χ0n) is 6.69. The fraction of sp³-hybridized carbons (Fsp3) is 0.111. The van der Waals surface area contributed by atoms with Crippen LogP contribution in [0.1, 0.15) is 5.69 Å². The number of aryl methyl sites for hydroxylation is 1. The highest BCUT2D eigenvalue weighted by Gasteiger charge is 1.99. The summed E-state index contributed by atoms with van der Waals surface area (Å²) in [6.07, 6.45) is 1.80. The molecule has 60 valence electrons. The molecule has 0 atom stereocenters. The standard InChI is InChI=1S/C9H8N2S/c1-7-3-2-4-8(11-7)9-10-5-6-12-9/h2-6H,1H3. The smallest absolute Gasteiger partial charge is 0.141 e. The van der Waals surface area contributed by atoms with Crippen LogP contribution in [0.25, 0.3) is 10.7 Å². The van der Waals surface area contributed by atoms with Crippen LogP contribution in [0.4, 0.5) is 0 Å². The molecule has 0 radical (unpaired) electrons. The first-order valence-electron chi connectivity index (χ1n) is 3.70. The van der Waals surface area contributed by atoms with Crippen molar-refractivity contribution in [3.05, 3.63) is 35.5 Å². The molecule has 0 aliphatic heterocycles. The van der Waals surface area contributed by atoms with E-state index in [1.165, 1.54) is 0 Å². The van der Waals surface area contributed by atoms with Gasteiger partial charge in [-0.05, 0) is 19.1 Å². The molecular weight excluding hydrogens is 168 g/mol. The molecule has 0 bridgehead atoms. The predicted molar refractivity (Wildman–Crippen MR) is 50.1 cm³/mol. The van der Waals surface area contributed by atoms with Crippen LogP contribution in [-0.4, -0.2) is 9.97 Å². The topological polar surface area (TPSA) is 25.8 Å². The van der Waals surface area contributed by atoms with Crippen molar-refractivity contribution in [1.82, 2.24) is 9.97 Å². The molecule has 0 amide bonds. The molecule has 0 N–H and O–H groups in total. The first kappa shape index (κ1) is 7.43. The summed E-state index contributed by atoms with van der Waals surface area (Å²) in [5.41, 5.74) is 1.99. The Hall–Kier alpha value is -1.22. The first-order chi connectivity index (χ1) is 5.86. The van der Waals surface area contributed by atoms with Gasteiger partial charge in [0.2, 0.25) is 0 Å². The molecule has 2 aromatic rings. The fourth-order valence-corrected chi connectivity index (χ4v) is 1.62. The van der Waals surface area contributed by atoms with Gasteiger partial charge in [0.05, 0.1) is 5.69 Å². The van der Waals surface area contributed by atoms with Crippen LogP contribution < -0.4 is 0 Å².